The van der Waals surface area contributed by atoms with Crippen molar-refractivity contribution in [2.24, 2.45) is 5.73 Å². The Balaban J connectivity index is 0.00000196. The summed E-state index contributed by atoms with van der Waals surface area (Å²) >= 11 is 0. The summed E-state index contributed by atoms with van der Waals surface area (Å²) in [6.07, 6.45) is 4.39. The number of amides is 1. The summed E-state index contributed by atoms with van der Waals surface area (Å²) in [6, 6.07) is 7.43. The highest BCUT2D eigenvalue weighted by Gasteiger charge is 2.26. The normalized spacial score (nSPS) is 17.4. The van der Waals surface area contributed by atoms with Crippen molar-refractivity contribution in [2.45, 2.75) is 31.8 Å². The molecule has 1 amide bonds. The van der Waals surface area contributed by atoms with Gasteiger partial charge in [0.15, 0.2) is 0 Å². The number of fused-ring (bicyclic) bond motifs is 3. The number of likely N-dealkylation sites (tertiary alicyclic amines) is 1. The highest BCUT2D eigenvalue weighted by molar-refractivity contribution is 6.01. The Morgan fingerprint density at radius 3 is 2.92 bits per heavy atom. The predicted octanol–water partition coefficient (Wildman–Crippen LogP) is 1.90. The van der Waals surface area contributed by atoms with E-state index in [4.69, 9.17) is 10.2 Å². The number of aromatic nitrogens is 2. The maximum absolute atomic E-state index is 12.7. The Bertz CT molecular complexity index is 997. The van der Waals surface area contributed by atoms with Gasteiger partial charge >= 0.3 is 0 Å². The van der Waals surface area contributed by atoms with Gasteiger partial charge in [-0.2, -0.15) is 0 Å². The van der Waals surface area contributed by atoms with Crippen molar-refractivity contribution in [1.29, 1.82) is 0 Å². The lowest BCUT2D eigenvalue weighted by Crippen LogP contribution is -2.49. The van der Waals surface area contributed by atoms with E-state index in [0.717, 1.165) is 24.6 Å². The predicted molar refractivity (Wildman–Crippen MR) is 101 cm³/mol. The molecule has 1 unspecified atom stereocenters. The first-order chi connectivity index (χ1) is 12.2. The van der Waals surface area contributed by atoms with Crippen LogP contribution in [0.25, 0.3) is 22.1 Å². The lowest BCUT2D eigenvalue weighted by atomic mass is 10.0. The van der Waals surface area contributed by atoms with Gasteiger partial charge in [0, 0.05) is 24.5 Å². The highest BCUT2D eigenvalue weighted by Crippen LogP contribution is 2.24. The van der Waals surface area contributed by atoms with Crippen molar-refractivity contribution in [3.8, 4) is 0 Å². The molecule has 1 aliphatic heterocycles. The summed E-state index contributed by atoms with van der Waals surface area (Å²) in [5.74, 6) is -0.102. The largest absolute Gasteiger partial charge is 0.448 e. The highest BCUT2D eigenvalue weighted by atomic mass is 35.5. The maximum atomic E-state index is 12.7. The van der Waals surface area contributed by atoms with Gasteiger partial charge in [-0.05, 0) is 31.4 Å². The topological polar surface area (TPSA) is 94.4 Å². The first kappa shape index (κ1) is 18.4. The molecule has 0 bridgehead atoms. The van der Waals surface area contributed by atoms with Gasteiger partial charge in [0.05, 0.1) is 6.33 Å². The van der Waals surface area contributed by atoms with Gasteiger partial charge in [-0.1, -0.05) is 12.1 Å². The number of carbonyl (C=O) groups is 1. The lowest BCUT2D eigenvalue weighted by molar-refractivity contribution is -0.135. The van der Waals surface area contributed by atoms with Crippen molar-refractivity contribution in [2.75, 3.05) is 13.1 Å². The van der Waals surface area contributed by atoms with Gasteiger partial charge in [0.2, 0.25) is 11.5 Å². The minimum Gasteiger partial charge on any atom is -0.448 e. The van der Waals surface area contributed by atoms with Crippen molar-refractivity contribution < 1.29 is 9.21 Å². The third kappa shape index (κ3) is 3.08. The molecule has 0 saturated carbocycles. The van der Waals surface area contributed by atoms with E-state index in [9.17, 15) is 9.59 Å². The summed E-state index contributed by atoms with van der Waals surface area (Å²) in [7, 11) is 0. The molecular formula is C18H21ClN4O3. The first-order valence-electron chi connectivity index (χ1n) is 8.55. The second kappa shape index (κ2) is 7.47. The van der Waals surface area contributed by atoms with Crippen LogP contribution in [0.15, 0.2) is 39.8 Å². The number of furan rings is 1. The quantitative estimate of drug-likeness (QED) is 0.753. The van der Waals surface area contributed by atoms with Crippen LogP contribution in [0, 0.1) is 0 Å². The average Bonchev–Trinajstić information content (AvgIpc) is 3.03. The van der Waals surface area contributed by atoms with Gasteiger partial charge < -0.3 is 15.1 Å². The van der Waals surface area contributed by atoms with Crippen LogP contribution in [-0.2, 0) is 11.3 Å². The van der Waals surface area contributed by atoms with Gasteiger partial charge in [0.1, 0.15) is 17.6 Å². The molecule has 0 spiro atoms. The van der Waals surface area contributed by atoms with Crippen LogP contribution in [0.4, 0.5) is 0 Å². The summed E-state index contributed by atoms with van der Waals surface area (Å²) in [5.41, 5.74) is 6.78. The molecule has 2 N–H and O–H groups in total. The Morgan fingerprint density at radius 1 is 1.31 bits per heavy atom. The third-order valence-electron chi connectivity index (χ3n) is 4.88. The second-order valence-corrected chi connectivity index (χ2v) is 6.43. The average molecular weight is 377 g/mol. The SMILES string of the molecule is Cl.NCC1CCCCN1C(=O)Cn1cnc2c(oc3ccccc32)c1=O. The summed E-state index contributed by atoms with van der Waals surface area (Å²) in [6.45, 7) is 1.09. The van der Waals surface area contributed by atoms with E-state index in [-0.39, 0.29) is 42.0 Å². The van der Waals surface area contributed by atoms with Gasteiger partial charge in [-0.15, -0.1) is 12.4 Å². The molecule has 0 radical (unpaired) electrons. The van der Waals surface area contributed by atoms with Crippen molar-refractivity contribution in [3.05, 3.63) is 40.9 Å². The van der Waals surface area contributed by atoms with E-state index >= 15 is 0 Å². The standard InChI is InChI=1S/C18H20N4O3.ClH/c19-9-12-5-3-4-8-22(12)15(23)10-21-11-20-16-13-6-1-2-7-14(13)25-17(16)18(21)24;/h1-2,6-7,11-12H,3-5,8-10,19H2;1H. The molecule has 3 aromatic rings. The minimum absolute atomic E-state index is 0. The van der Waals surface area contributed by atoms with E-state index in [0.29, 0.717) is 24.2 Å². The number of rotatable bonds is 3. The molecule has 3 heterocycles. The van der Waals surface area contributed by atoms with E-state index in [1.165, 1.54) is 10.9 Å². The smallest absolute Gasteiger partial charge is 0.297 e. The third-order valence-corrected chi connectivity index (χ3v) is 4.88. The summed E-state index contributed by atoms with van der Waals surface area (Å²) in [4.78, 5) is 31.5. The molecule has 138 valence electrons. The fourth-order valence-electron chi connectivity index (χ4n) is 3.54. The minimum atomic E-state index is -0.337. The fraction of sp³-hybridized carbons (Fsp3) is 0.389. The van der Waals surface area contributed by atoms with Crippen molar-refractivity contribution in [1.82, 2.24) is 14.5 Å². The van der Waals surface area contributed by atoms with Crippen LogP contribution in [0.5, 0.6) is 0 Å². The molecule has 8 heteroatoms. The zero-order valence-corrected chi connectivity index (χ0v) is 15.1. The Morgan fingerprint density at radius 2 is 2.12 bits per heavy atom. The van der Waals surface area contributed by atoms with Crippen LogP contribution < -0.4 is 11.3 Å². The zero-order chi connectivity index (χ0) is 17.4. The van der Waals surface area contributed by atoms with Crippen LogP contribution in [0.3, 0.4) is 0 Å². The zero-order valence-electron chi connectivity index (χ0n) is 14.3. The lowest BCUT2D eigenvalue weighted by Gasteiger charge is -2.35. The number of nitrogens with two attached hydrogens (primary N) is 1. The monoisotopic (exact) mass is 376 g/mol. The molecule has 26 heavy (non-hydrogen) atoms. The van der Waals surface area contributed by atoms with Crippen molar-refractivity contribution >= 4 is 40.4 Å². The summed E-state index contributed by atoms with van der Waals surface area (Å²) < 4.78 is 6.97. The van der Waals surface area contributed by atoms with Gasteiger partial charge in [-0.25, -0.2) is 4.98 Å². The van der Waals surface area contributed by atoms with Crippen LogP contribution in [0.2, 0.25) is 0 Å². The van der Waals surface area contributed by atoms with Crippen molar-refractivity contribution in [3.63, 3.8) is 0 Å². The van der Waals surface area contributed by atoms with Gasteiger partial charge in [0.25, 0.3) is 5.56 Å². The Kier molecular flexibility index (Phi) is 5.29. The molecule has 7 nitrogen and oxygen atoms in total. The Labute approximate surface area is 156 Å². The molecule has 2 aromatic heterocycles. The number of benzene rings is 1. The van der Waals surface area contributed by atoms with Crippen LogP contribution in [-0.4, -0.2) is 39.5 Å². The number of para-hydroxylation sites is 1. The van der Waals surface area contributed by atoms with Crippen LogP contribution in [0.1, 0.15) is 19.3 Å². The van der Waals surface area contributed by atoms with E-state index in [1.54, 1.807) is 11.0 Å². The second-order valence-electron chi connectivity index (χ2n) is 6.43. The molecule has 1 aliphatic rings. The van der Waals surface area contributed by atoms with E-state index in [1.807, 2.05) is 18.2 Å². The number of carbonyl (C=O) groups excluding carboxylic acids is 1. The van der Waals surface area contributed by atoms with Crippen LogP contribution >= 0.6 is 12.4 Å². The molecule has 1 atom stereocenters. The molecule has 0 aliphatic carbocycles. The first-order valence-corrected chi connectivity index (χ1v) is 8.55. The molecular weight excluding hydrogens is 356 g/mol. The summed E-state index contributed by atoms with van der Waals surface area (Å²) in [5, 5.41) is 0.798. The fourth-order valence-corrected chi connectivity index (χ4v) is 3.54. The Hall–Kier alpha value is -2.38. The maximum Gasteiger partial charge on any atom is 0.297 e. The number of halogens is 1. The number of nitrogens with zero attached hydrogens (tertiary/aromatic N) is 3. The van der Waals surface area contributed by atoms with E-state index in [2.05, 4.69) is 4.98 Å². The molecule has 1 saturated heterocycles. The number of piperidine rings is 1. The van der Waals surface area contributed by atoms with E-state index < -0.39 is 0 Å². The number of hydrogen-bond acceptors (Lipinski definition) is 5. The molecule has 1 aromatic carbocycles. The molecule has 1 fully saturated rings. The number of hydrogen-bond donors (Lipinski definition) is 1. The molecule has 4 rings (SSSR count). The van der Waals surface area contributed by atoms with Gasteiger partial charge in [-0.3, -0.25) is 14.2 Å².